The zero-order valence-corrected chi connectivity index (χ0v) is 21.3. The molecular formula is C23H18Cl2F3N5O3S. The van der Waals surface area contributed by atoms with Gasteiger partial charge in [0.05, 0.1) is 22.8 Å². The summed E-state index contributed by atoms with van der Waals surface area (Å²) < 4.78 is 39.2. The van der Waals surface area contributed by atoms with E-state index >= 15 is 0 Å². The fraction of sp³-hybridized carbons (Fsp3) is 0.261. The summed E-state index contributed by atoms with van der Waals surface area (Å²) in [6.07, 6.45) is -1.37. The van der Waals surface area contributed by atoms with Crippen molar-refractivity contribution < 1.29 is 27.9 Å². The molecule has 0 saturated carbocycles. The normalized spacial score (nSPS) is 11.9. The number of carbonyl (C=O) groups is 2. The van der Waals surface area contributed by atoms with E-state index < -0.39 is 34.6 Å². The molecule has 0 spiro atoms. The van der Waals surface area contributed by atoms with Crippen molar-refractivity contribution in [1.29, 1.82) is 0 Å². The van der Waals surface area contributed by atoms with Crippen molar-refractivity contribution in [3.05, 3.63) is 67.6 Å². The van der Waals surface area contributed by atoms with Crippen LogP contribution < -0.4 is 10.6 Å². The van der Waals surface area contributed by atoms with Crippen LogP contribution in [0.4, 0.5) is 18.9 Å². The summed E-state index contributed by atoms with van der Waals surface area (Å²) in [4.78, 5) is 37.4. The van der Waals surface area contributed by atoms with Crippen LogP contribution in [0.5, 0.6) is 0 Å². The van der Waals surface area contributed by atoms with Gasteiger partial charge in [-0.1, -0.05) is 29.1 Å². The summed E-state index contributed by atoms with van der Waals surface area (Å²) in [5, 5.41) is 13.7. The molecule has 0 saturated heterocycles. The smallest absolute Gasteiger partial charge is 0.396 e. The molecule has 0 fully saturated rings. The molecule has 0 aliphatic rings. The maximum atomic E-state index is 13.1. The second-order valence-corrected chi connectivity index (χ2v) is 9.27. The van der Waals surface area contributed by atoms with Crippen LogP contribution in [-0.4, -0.2) is 38.5 Å². The van der Waals surface area contributed by atoms with Gasteiger partial charge in [-0.15, -0.1) is 11.3 Å². The van der Waals surface area contributed by atoms with Crippen molar-refractivity contribution in [2.24, 2.45) is 0 Å². The Bertz CT molecular complexity index is 1370. The summed E-state index contributed by atoms with van der Waals surface area (Å²) in [5.41, 5.74) is -1.10. The van der Waals surface area contributed by atoms with Gasteiger partial charge in [0.2, 0.25) is 0 Å². The first-order chi connectivity index (χ1) is 17.5. The standard InChI is InChI=1S/C23H18Cl2F3N5O3S/c1-12(32-21(36)19-18(25)16(30-11-31-19)5-3-2-4-8-34)22-29-10-17(37-22)20(35)33-13-6-7-15(24)14(9-13)23(26,27)28/h6-7,9-12,34H,2,4,8H2,1H3,(H,32,36)(H,33,35)/t12-/m1/s1. The average molecular weight is 572 g/mol. The fourth-order valence-electron chi connectivity index (χ4n) is 2.86. The van der Waals surface area contributed by atoms with Gasteiger partial charge in [-0.3, -0.25) is 9.59 Å². The Morgan fingerprint density at radius 2 is 1.95 bits per heavy atom. The molecule has 194 valence electrons. The van der Waals surface area contributed by atoms with E-state index in [1.54, 1.807) is 6.92 Å². The van der Waals surface area contributed by atoms with E-state index in [-0.39, 0.29) is 33.6 Å². The van der Waals surface area contributed by atoms with Crippen LogP contribution in [0.1, 0.15) is 62.2 Å². The van der Waals surface area contributed by atoms with E-state index in [2.05, 4.69) is 37.4 Å². The minimum absolute atomic E-state index is 0.00201. The number of alkyl halides is 3. The van der Waals surface area contributed by atoms with E-state index in [1.807, 2.05) is 0 Å². The van der Waals surface area contributed by atoms with Crippen molar-refractivity contribution in [1.82, 2.24) is 20.3 Å². The zero-order chi connectivity index (χ0) is 27.2. The number of benzene rings is 1. The van der Waals surface area contributed by atoms with Gasteiger partial charge < -0.3 is 15.7 Å². The highest BCUT2D eigenvalue weighted by Crippen LogP contribution is 2.36. The van der Waals surface area contributed by atoms with Crippen molar-refractivity contribution in [3.63, 3.8) is 0 Å². The Balaban J connectivity index is 1.68. The van der Waals surface area contributed by atoms with Crippen molar-refractivity contribution >= 4 is 52.0 Å². The third kappa shape index (κ3) is 7.39. The van der Waals surface area contributed by atoms with Gasteiger partial charge in [0.1, 0.15) is 26.9 Å². The minimum atomic E-state index is -4.68. The lowest BCUT2D eigenvalue weighted by Crippen LogP contribution is -2.28. The number of hydrogen-bond acceptors (Lipinski definition) is 7. The number of unbranched alkanes of at least 4 members (excludes halogenated alkanes) is 1. The van der Waals surface area contributed by atoms with Crippen LogP contribution in [0.3, 0.4) is 0 Å². The van der Waals surface area contributed by atoms with Gasteiger partial charge in [-0.25, -0.2) is 15.0 Å². The number of anilines is 1. The van der Waals surface area contributed by atoms with Gasteiger partial charge in [0.25, 0.3) is 11.8 Å². The molecule has 1 atom stereocenters. The zero-order valence-electron chi connectivity index (χ0n) is 19.0. The first-order valence-corrected chi connectivity index (χ1v) is 12.1. The van der Waals surface area contributed by atoms with Gasteiger partial charge in [0.15, 0.2) is 5.69 Å². The van der Waals surface area contributed by atoms with E-state index in [0.29, 0.717) is 17.8 Å². The summed E-state index contributed by atoms with van der Waals surface area (Å²) in [5.74, 6) is 4.22. The third-order valence-electron chi connectivity index (χ3n) is 4.67. The Morgan fingerprint density at radius 1 is 1.19 bits per heavy atom. The van der Waals surface area contributed by atoms with E-state index in [4.69, 9.17) is 28.3 Å². The summed E-state index contributed by atoms with van der Waals surface area (Å²) in [6.45, 7) is 1.62. The largest absolute Gasteiger partial charge is 0.417 e. The lowest BCUT2D eigenvalue weighted by molar-refractivity contribution is -0.137. The first-order valence-electron chi connectivity index (χ1n) is 10.6. The van der Waals surface area contributed by atoms with Crippen LogP contribution in [-0.2, 0) is 6.18 Å². The number of carbonyl (C=O) groups excluding carboxylic acids is 2. The Morgan fingerprint density at radius 3 is 2.65 bits per heavy atom. The van der Waals surface area contributed by atoms with Crippen molar-refractivity contribution in [2.75, 3.05) is 11.9 Å². The lowest BCUT2D eigenvalue weighted by Gasteiger charge is -2.12. The number of nitrogens with zero attached hydrogens (tertiary/aromatic N) is 3. The molecule has 0 aliphatic heterocycles. The molecule has 0 radical (unpaired) electrons. The van der Waals surface area contributed by atoms with Gasteiger partial charge in [-0.05, 0) is 37.5 Å². The van der Waals surface area contributed by atoms with Crippen molar-refractivity contribution in [3.8, 4) is 11.8 Å². The number of halogens is 5. The highest BCUT2D eigenvalue weighted by molar-refractivity contribution is 7.13. The number of nitrogens with one attached hydrogen (secondary N) is 2. The predicted molar refractivity (Wildman–Crippen MR) is 133 cm³/mol. The second-order valence-electron chi connectivity index (χ2n) is 7.42. The van der Waals surface area contributed by atoms with Crippen LogP contribution in [0.15, 0.2) is 30.7 Å². The molecular weight excluding hydrogens is 554 g/mol. The molecule has 37 heavy (non-hydrogen) atoms. The molecule has 0 bridgehead atoms. The molecule has 2 aromatic heterocycles. The second kappa shape index (κ2) is 12.3. The molecule has 1 aromatic carbocycles. The summed E-state index contributed by atoms with van der Waals surface area (Å²) >= 11 is 12.8. The molecule has 2 amide bonds. The highest BCUT2D eigenvalue weighted by Gasteiger charge is 2.33. The molecule has 2 heterocycles. The van der Waals surface area contributed by atoms with Gasteiger partial charge in [-0.2, -0.15) is 13.2 Å². The van der Waals surface area contributed by atoms with E-state index in [1.165, 1.54) is 12.3 Å². The Labute approximate surface area is 223 Å². The minimum Gasteiger partial charge on any atom is -0.396 e. The van der Waals surface area contributed by atoms with Gasteiger partial charge in [0, 0.05) is 18.7 Å². The Hall–Kier alpha value is -3.24. The number of thiazole rings is 1. The topological polar surface area (TPSA) is 117 Å². The lowest BCUT2D eigenvalue weighted by atomic mass is 10.2. The van der Waals surface area contributed by atoms with Crippen LogP contribution in [0.25, 0.3) is 0 Å². The number of aliphatic hydroxyl groups excluding tert-OH is 1. The third-order valence-corrected chi connectivity index (χ3v) is 6.53. The number of rotatable bonds is 7. The van der Waals surface area contributed by atoms with Crippen LogP contribution >= 0.6 is 34.5 Å². The average Bonchev–Trinajstić information content (AvgIpc) is 3.34. The first kappa shape index (κ1) is 28.3. The van der Waals surface area contributed by atoms with Crippen LogP contribution in [0.2, 0.25) is 10.0 Å². The molecule has 0 unspecified atom stereocenters. The molecule has 3 N–H and O–H groups in total. The molecule has 3 aromatic rings. The number of aromatic nitrogens is 3. The predicted octanol–water partition coefficient (Wildman–Crippen LogP) is 5.13. The molecule has 0 aliphatic carbocycles. The fourth-order valence-corrected chi connectivity index (χ4v) is 4.13. The summed E-state index contributed by atoms with van der Waals surface area (Å²) in [7, 11) is 0. The van der Waals surface area contributed by atoms with Crippen molar-refractivity contribution in [2.45, 2.75) is 32.0 Å². The van der Waals surface area contributed by atoms with Crippen LogP contribution in [0, 0.1) is 11.8 Å². The maximum absolute atomic E-state index is 13.1. The summed E-state index contributed by atoms with van der Waals surface area (Å²) in [6, 6.07) is 2.37. The highest BCUT2D eigenvalue weighted by atomic mass is 35.5. The van der Waals surface area contributed by atoms with Gasteiger partial charge >= 0.3 is 6.18 Å². The monoisotopic (exact) mass is 571 g/mol. The Kier molecular flexibility index (Phi) is 9.45. The quantitative estimate of drug-likeness (QED) is 0.267. The van der Waals surface area contributed by atoms with E-state index in [0.717, 1.165) is 29.8 Å². The number of aliphatic hydroxyl groups is 1. The van der Waals surface area contributed by atoms with E-state index in [9.17, 15) is 22.8 Å². The SMILES string of the molecule is C[C@@H](NC(=O)c1ncnc(C#CCCCO)c1Cl)c1ncc(C(=O)Nc2ccc(Cl)c(C(F)(F)F)c2)s1. The molecule has 14 heteroatoms. The number of hydrogen-bond donors (Lipinski definition) is 3. The number of amides is 2. The maximum Gasteiger partial charge on any atom is 0.417 e. The molecule has 8 nitrogen and oxygen atoms in total. The molecule has 3 rings (SSSR count).